The fraction of sp³-hybridized carbons (Fsp3) is 0.0800. The molecule has 10 heteroatoms. The van der Waals surface area contributed by atoms with Gasteiger partial charge in [-0.05, 0) is 48.9 Å². The van der Waals surface area contributed by atoms with Crippen LogP contribution in [0.3, 0.4) is 0 Å². The van der Waals surface area contributed by atoms with Crippen molar-refractivity contribution in [3.63, 3.8) is 0 Å². The number of benzene rings is 3. The number of nitro benzene ring substituents is 1. The quantitative estimate of drug-likeness (QED) is 0.245. The Bertz CT molecular complexity index is 1290. The summed E-state index contributed by atoms with van der Waals surface area (Å²) in [6.07, 6.45) is 1.14. The number of phenolic OH excluding ortho intramolecular Hbond substituents is 1. The smallest absolute Gasteiger partial charge is 0.343 e. The van der Waals surface area contributed by atoms with Crippen molar-refractivity contribution in [2.75, 3.05) is 16.4 Å². The first-order valence-electron chi connectivity index (χ1n) is 10.5. The summed E-state index contributed by atoms with van der Waals surface area (Å²) in [4.78, 5) is 52.5. The maximum atomic E-state index is 13.4. The molecule has 1 fully saturated rings. The monoisotopic (exact) mass is 473 g/mol. The van der Waals surface area contributed by atoms with E-state index in [0.29, 0.717) is 0 Å². The predicted molar refractivity (Wildman–Crippen MR) is 127 cm³/mol. The number of anilines is 2. The van der Waals surface area contributed by atoms with Crippen molar-refractivity contribution in [2.24, 2.45) is 0 Å². The van der Waals surface area contributed by atoms with Gasteiger partial charge in [-0.15, -0.1) is 0 Å². The number of urea groups is 1. The number of imide groups is 2. The molecule has 0 atom stereocenters. The molecule has 3 aromatic rings. The summed E-state index contributed by atoms with van der Waals surface area (Å²) in [6.45, 7) is 1.74. The van der Waals surface area contributed by atoms with Crippen LogP contribution in [0.25, 0.3) is 6.08 Å². The van der Waals surface area contributed by atoms with Gasteiger partial charge in [0.15, 0.2) is 5.75 Å². The number of para-hydroxylation sites is 2. The second-order valence-electron chi connectivity index (χ2n) is 7.37. The first-order chi connectivity index (χ1) is 16.8. The molecule has 1 heterocycles. The topological polar surface area (TPSA) is 130 Å². The molecule has 176 valence electrons. The Morgan fingerprint density at radius 2 is 1.43 bits per heavy atom. The first kappa shape index (κ1) is 23.2. The van der Waals surface area contributed by atoms with Gasteiger partial charge in [-0.2, -0.15) is 0 Å². The molecule has 4 amide bonds. The molecule has 0 bridgehead atoms. The number of hydrogen-bond donors (Lipinski definition) is 1. The van der Waals surface area contributed by atoms with E-state index in [1.165, 1.54) is 6.07 Å². The number of aromatic hydroxyl groups is 1. The minimum atomic E-state index is -0.896. The van der Waals surface area contributed by atoms with Gasteiger partial charge in [-0.1, -0.05) is 36.4 Å². The number of carbonyl (C=O) groups is 3. The van der Waals surface area contributed by atoms with Crippen molar-refractivity contribution in [3.8, 4) is 11.5 Å². The van der Waals surface area contributed by atoms with Gasteiger partial charge in [0.2, 0.25) is 5.75 Å². The molecule has 0 unspecified atom stereocenters. The predicted octanol–water partition coefficient (Wildman–Crippen LogP) is 4.28. The van der Waals surface area contributed by atoms with Crippen LogP contribution in [0.2, 0.25) is 0 Å². The highest BCUT2D eigenvalue weighted by Gasteiger charge is 2.43. The number of phenols is 1. The Hall–Kier alpha value is -4.99. The number of carbonyl (C=O) groups excluding carboxylic acids is 3. The molecule has 1 aliphatic heterocycles. The third-order valence-electron chi connectivity index (χ3n) is 5.16. The van der Waals surface area contributed by atoms with E-state index in [0.717, 1.165) is 21.9 Å². The lowest BCUT2D eigenvalue weighted by atomic mass is 10.0. The molecular formula is C25H19N3O7. The van der Waals surface area contributed by atoms with Gasteiger partial charge in [-0.25, -0.2) is 14.6 Å². The largest absolute Gasteiger partial charge is 0.500 e. The highest BCUT2D eigenvalue weighted by molar-refractivity contribution is 6.46. The Morgan fingerprint density at radius 1 is 0.914 bits per heavy atom. The fourth-order valence-electron chi connectivity index (χ4n) is 3.61. The fourth-order valence-corrected chi connectivity index (χ4v) is 3.61. The van der Waals surface area contributed by atoms with Crippen LogP contribution in [0.4, 0.5) is 21.9 Å². The van der Waals surface area contributed by atoms with Crippen LogP contribution in [-0.2, 0) is 9.59 Å². The maximum absolute atomic E-state index is 13.4. The number of nitro groups is 1. The number of amides is 4. The van der Waals surface area contributed by atoms with E-state index in [-0.39, 0.29) is 29.3 Å². The third kappa shape index (κ3) is 4.32. The zero-order chi connectivity index (χ0) is 25.1. The van der Waals surface area contributed by atoms with Crippen molar-refractivity contribution in [1.82, 2.24) is 0 Å². The Morgan fingerprint density at radius 3 is 1.89 bits per heavy atom. The first-order valence-corrected chi connectivity index (χ1v) is 10.5. The standard InChI is InChI=1S/C25H19N3O7/c1-2-35-21-15-16(14-20(22(21)29)28(33)34)13-19-23(30)26(17-9-5-3-6-10-17)25(32)27(24(19)31)18-11-7-4-8-12-18/h3-15,29H,2H2,1H3. The molecular weight excluding hydrogens is 454 g/mol. The minimum absolute atomic E-state index is 0.0602. The van der Waals surface area contributed by atoms with Crippen LogP contribution >= 0.6 is 0 Å². The van der Waals surface area contributed by atoms with E-state index in [9.17, 15) is 29.6 Å². The summed E-state index contributed by atoms with van der Waals surface area (Å²) in [6, 6.07) is 17.6. The minimum Gasteiger partial charge on any atom is -0.500 e. The summed E-state index contributed by atoms with van der Waals surface area (Å²) in [7, 11) is 0. The molecule has 0 aromatic heterocycles. The summed E-state index contributed by atoms with van der Waals surface area (Å²) in [5.74, 6) is -2.65. The molecule has 0 spiro atoms. The van der Waals surface area contributed by atoms with Crippen molar-refractivity contribution < 1.29 is 29.2 Å². The van der Waals surface area contributed by atoms with E-state index in [2.05, 4.69) is 0 Å². The van der Waals surface area contributed by atoms with E-state index in [1.807, 2.05) is 0 Å². The van der Waals surface area contributed by atoms with Crippen molar-refractivity contribution in [3.05, 3.63) is 94.0 Å². The second-order valence-corrected chi connectivity index (χ2v) is 7.37. The number of barbiturate groups is 1. The molecule has 1 N–H and O–H groups in total. The average molecular weight is 473 g/mol. The lowest BCUT2D eigenvalue weighted by Crippen LogP contribution is -2.57. The van der Waals surface area contributed by atoms with Crippen LogP contribution in [0.1, 0.15) is 12.5 Å². The maximum Gasteiger partial charge on any atom is 0.343 e. The van der Waals surface area contributed by atoms with E-state index in [1.54, 1.807) is 67.6 Å². The zero-order valence-electron chi connectivity index (χ0n) is 18.5. The molecule has 0 saturated carbocycles. The summed E-state index contributed by atoms with van der Waals surface area (Å²) >= 11 is 0. The van der Waals surface area contributed by atoms with Gasteiger partial charge < -0.3 is 9.84 Å². The second kappa shape index (κ2) is 9.48. The van der Waals surface area contributed by atoms with Crippen molar-refractivity contribution in [1.29, 1.82) is 0 Å². The molecule has 10 nitrogen and oxygen atoms in total. The van der Waals surface area contributed by atoms with E-state index in [4.69, 9.17) is 4.74 Å². The number of ether oxygens (including phenoxy) is 1. The van der Waals surface area contributed by atoms with Crippen LogP contribution < -0.4 is 14.5 Å². The normalized spacial score (nSPS) is 13.7. The third-order valence-corrected chi connectivity index (χ3v) is 5.16. The molecule has 0 aliphatic carbocycles. The van der Waals surface area contributed by atoms with Gasteiger partial charge in [0.1, 0.15) is 5.57 Å². The lowest BCUT2D eigenvalue weighted by Gasteiger charge is -2.33. The van der Waals surface area contributed by atoms with Gasteiger partial charge >= 0.3 is 11.7 Å². The van der Waals surface area contributed by atoms with Crippen LogP contribution in [0.5, 0.6) is 11.5 Å². The summed E-state index contributed by atoms with van der Waals surface area (Å²) in [5.41, 5.74) is -0.513. The molecule has 4 rings (SSSR count). The van der Waals surface area contributed by atoms with Gasteiger partial charge in [-0.3, -0.25) is 19.7 Å². The summed E-state index contributed by atoms with van der Waals surface area (Å²) < 4.78 is 5.28. The molecule has 0 radical (unpaired) electrons. The molecule has 1 aliphatic rings. The molecule has 3 aromatic carbocycles. The van der Waals surface area contributed by atoms with Crippen LogP contribution in [0, 0.1) is 10.1 Å². The highest BCUT2D eigenvalue weighted by Crippen LogP contribution is 2.38. The summed E-state index contributed by atoms with van der Waals surface area (Å²) in [5, 5.41) is 21.6. The van der Waals surface area contributed by atoms with Gasteiger partial charge in [0.25, 0.3) is 11.8 Å². The Balaban J connectivity index is 1.90. The molecule has 1 saturated heterocycles. The molecule has 35 heavy (non-hydrogen) atoms. The number of hydrogen-bond acceptors (Lipinski definition) is 7. The Labute approximate surface area is 199 Å². The number of nitrogens with zero attached hydrogens (tertiary/aromatic N) is 3. The van der Waals surface area contributed by atoms with E-state index >= 15 is 0 Å². The highest BCUT2D eigenvalue weighted by atomic mass is 16.6. The average Bonchev–Trinajstić information content (AvgIpc) is 2.85. The van der Waals surface area contributed by atoms with Gasteiger partial charge in [0.05, 0.1) is 22.9 Å². The number of rotatable bonds is 6. The van der Waals surface area contributed by atoms with E-state index < -0.39 is 39.8 Å². The SMILES string of the molecule is CCOc1cc(C=C2C(=O)N(c3ccccc3)C(=O)N(c3ccccc3)C2=O)cc([N+](=O)[O-])c1O. The Kier molecular flexibility index (Phi) is 6.27. The van der Waals surface area contributed by atoms with Gasteiger partial charge in [0, 0.05) is 6.07 Å². The van der Waals surface area contributed by atoms with Crippen molar-refractivity contribution in [2.45, 2.75) is 6.92 Å². The van der Waals surface area contributed by atoms with Crippen LogP contribution in [-0.4, -0.2) is 34.5 Å². The zero-order valence-corrected chi connectivity index (χ0v) is 18.5. The van der Waals surface area contributed by atoms with Crippen molar-refractivity contribution >= 4 is 41.0 Å². The lowest BCUT2D eigenvalue weighted by molar-refractivity contribution is -0.386. The van der Waals surface area contributed by atoms with Crippen LogP contribution in [0.15, 0.2) is 78.4 Å².